The number of rotatable bonds is 5. The first-order valence-corrected chi connectivity index (χ1v) is 8.75. The lowest BCUT2D eigenvalue weighted by molar-refractivity contribution is 0.0530. The summed E-state index contributed by atoms with van der Waals surface area (Å²) >= 11 is 4.28. The molecule has 0 aromatic heterocycles. The van der Waals surface area contributed by atoms with Crippen molar-refractivity contribution >= 4 is 62.9 Å². The lowest BCUT2D eigenvalue weighted by Gasteiger charge is -2.20. The molecule has 0 unspecified atom stereocenters. The maximum atomic E-state index is 11.5. The Bertz CT molecular complexity index is 548. The summed E-state index contributed by atoms with van der Waals surface area (Å²) in [6.45, 7) is 6.42. The molecule has 0 radical (unpaired) electrons. The van der Waals surface area contributed by atoms with Gasteiger partial charge >= 0.3 is 6.09 Å². The Balaban J connectivity index is 2.52. The molecule has 4 N–H and O–H groups in total. The largest absolute Gasteiger partial charge is 0.444 e. The maximum absolute atomic E-state index is 11.5. The van der Waals surface area contributed by atoms with Crippen LogP contribution in [0.5, 0.6) is 0 Å². The average molecular weight is 531 g/mol. The fourth-order valence-corrected chi connectivity index (χ4v) is 3.70. The molecule has 0 fully saturated rings. The fourth-order valence-electron chi connectivity index (χ4n) is 1.55. The SMILES string of the molecule is CC(C)(C)OC(=O)NCCNc1c(I)cc(C(N)=O)cc1I. The molecule has 1 aromatic rings. The van der Waals surface area contributed by atoms with Crippen LogP contribution in [0.4, 0.5) is 10.5 Å². The van der Waals surface area contributed by atoms with Crippen molar-refractivity contribution in [1.82, 2.24) is 5.32 Å². The smallest absolute Gasteiger partial charge is 0.407 e. The van der Waals surface area contributed by atoms with Crippen LogP contribution in [0.3, 0.4) is 0 Å². The van der Waals surface area contributed by atoms with Gasteiger partial charge in [-0.25, -0.2) is 4.79 Å². The van der Waals surface area contributed by atoms with E-state index in [1.807, 2.05) is 20.8 Å². The van der Waals surface area contributed by atoms with Gasteiger partial charge in [-0.1, -0.05) is 0 Å². The standard InChI is InChI=1S/C14H19I2N3O3/c1-14(2,3)22-13(21)19-5-4-18-11-9(15)6-8(12(17)20)7-10(11)16/h6-7,18H,4-5H2,1-3H3,(H2,17,20)(H,19,21). The second-order valence-corrected chi connectivity index (χ2v) is 7.86. The first-order chi connectivity index (χ1) is 10.1. The average Bonchev–Trinajstić information content (AvgIpc) is 2.34. The van der Waals surface area contributed by atoms with E-state index < -0.39 is 17.6 Å². The van der Waals surface area contributed by atoms with Crippen LogP contribution in [0.2, 0.25) is 0 Å². The number of nitrogens with one attached hydrogen (secondary N) is 2. The number of anilines is 1. The highest BCUT2D eigenvalue weighted by Crippen LogP contribution is 2.26. The zero-order chi connectivity index (χ0) is 16.9. The molecule has 0 bridgehead atoms. The second kappa shape index (κ2) is 8.18. The lowest BCUT2D eigenvalue weighted by atomic mass is 10.2. The number of ether oxygens (including phenoxy) is 1. The molecule has 0 spiro atoms. The van der Waals surface area contributed by atoms with Gasteiger partial charge < -0.3 is 21.1 Å². The highest BCUT2D eigenvalue weighted by atomic mass is 127. The number of carbonyl (C=O) groups is 2. The Kier molecular flexibility index (Phi) is 7.16. The molecule has 1 aromatic carbocycles. The zero-order valence-electron chi connectivity index (χ0n) is 12.6. The fraction of sp³-hybridized carbons (Fsp3) is 0.429. The Morgan fingerprint density at radius 3 is 2.18 bits per heavy atom. The molecule has 2 amide bonds. The van der Waals surface area contributed by atoms with Crippen molar-refractivity contribution in [2.45, 2.75) is 26.4 Å². The van der Waals surface area contributed by atoms with Gasteiger partial charge in [0.05, 0.1) is 5.69 Å². The van der Waals surface area contributed by atoms with Crippen molar-refractivity contribution in [3.63, 3.8) is 0 Å². The van der Waals surface area contributed by atoms with Gasteiger partial charge in [-0.15, -0.1) is 0 Å². The van der Waals surface area contributed by atoms with Crippen LogP contribution in [0.15, 0.2) is 12.1 Å². The summed E-state index contributed by atoms with van der Waals surface area (Å²) in [4.78, 5) is 22.7. The summed E-state index contributed by atoms with van der Waals surface area (Å²) in [5, 5.41) is 5.90. The van der Waals surface area contributed by atoms with Crippen LogP contribution in [0.25, 0.3) is 0 Å². The highest BCUT2D eigenvalue weighted by Gasteiger charge is 2.15. The molecule has 0 atom stereocenters. The first kappa shape index (κ1) is 19.3. The number of alkyl carbamates (subject to hydrolysis) is 1. The molecule has 122 valence electrons. The summed E-state index contributed by atoms with van der Waals surface area (Å²) in [7, 11) is 0. The van der Waals surface area contributed by atoms with Crippen molar-refractivity contribution in [3.8, 4) is 0 Å². The normalized spacial score (nSPS) is 11.0. The third kappa shape index (κ3) is 6.55. The Morgan fingerprint density at radius 1 is 1.18 bits per heavy atom. The van der Waals surface area contributed by atoms with Crippen molar-refractivity contribution < 1.29 is 14.3 Å². The number of nitrogens with two attached hydrogens (primary N) is 1. The molecule has 1 rings (SSSR count). The molecule has 0 aliphatic heterocycles. The molecule has 0 saturated heterocycles. The summed E-state index contributed by atoms with van der Waals surface area (Å²) in [5.74, 6) is -0.450. The topological polar surface area (TPSA) is 93.4 Å². The minimum absolute atomic E-state index is 0.429. The van der Waals surface area contributed by atoms with Crippen molar-refractivity contribution in [3.05, 3.63) is 24.8 Å². The van der Waals surface area contributed by atoms with Crippen molar-refractivity contribution in [1.29, 1.82) is 0 Å². The predicted molar refractivity (Wildman–Crippen MR) is 103 cm³/mol. The highest BCUT2D eigenvalue weighted by molar-refractivity contribution is 14.1. The maximum Gasteiger partial charge on any atom is 0.407 e. The van der Waals surface area contributed by atoms with Gasteiger partial charge in [0.1, 0.15) is 5.60 Å². The Labute approximate surface area is 157 Å². The monoisotopic (exact) mass is 531 g/mol. The van der Waals surface area contributed by atoms with Gasteiger partial charge in [0.15, 0.2) is 0 Å². The summed E-state index contributed by atoms with van der Waals surface area (Å²) in [6, 6.07) is 3.46. The number of hydrogen-bond acceptors (Lipinski definition) is 4. The van der Waals surface area contributed by atoms with Crippen LogP contribution in [-0.4, -0.2) is 30.7 Å². The quantitative estimate of drug-likeness (QED) is 0.403. The summed E-state index contributed by atoms with van der Waals surface area (Å²) < 4.78 is 6.94. The molecular formula is C14H19I2N3O3. The predicted octanol–water partition coefficient (Wildman–Crippen LogP) is 2.93. The van der Waals surface area contributed by atoms with E-state index in [4.69, 9.17) is 10.5 Å². The third-order valence-electron chi connectivity index (χ3n) is 2.42. The molecule has 22 heavy (non-hydrogen) atoms. The summed E-state index contributed by atoms with van der Waals surface area (Å²) in [6.07, 6.45) is -0.442. The van der Waals surface area contributed by atoms with Crippen LogP contribution in [0.1, 0.15) is 31.1 Å². The van der Waals surface area contributed by atoms with Crippen molar-refractivity contribution in [2.24, 2.45) is 5.73 Å². The van der Waals surface area contributed by atoms with E-state index in [0.29, 0.717) is 18.7 Å². The number of halogens is 2. The number of carbonyl (C=O) groups excluding carboxylic acids is 2. The van der Waals surface area contributed by atoms with Gasteiger partial charge in [0.25, 0.3) is 0 Å². The Morgan fingerprint density at radius 2 is 1.73 bits per heavy atom. The first-order valence-electron chi connectivity index (χ1n) is 6.59. The minimum atomic E-state index is -0.507. The number of benzene rings is 1. The van der Waals surface area contributed by atoms with Gasteiger partial charge in [-0.2, -0.15) is 0 Å². The lowest BCUT2D eigenvalue weighted by Crippen LogP contribution is -2.35. The van der Waals surface area contributed by atoms with Gasteiger partial charge in [-0.05, 0) is 78.1 Å². The molecule has 0 saturated carbocycles. The van der Waals surface area contributed by atoms with E-state index in [1.165, 1.54) is 0 Å². The van der Waals surface area contributed by atoms with Gasteiger partial charge in [-0.3, -0.25) is 4.79 Å². The van der Waals surface area contributed by atoms with Crippen LogP contribution in [-0.2, 0) is 4.74 Å². The molecule has 8 heteroatoms. The second-order valence-electron chi connectivity index (χ2n) is 5.53. The van der Waals surface area contributed by atoms with Crippen LogP contribution in [0, 0.1) is 7.14 Å². The van der Waals surface area contributed by atoms with E-state index in [0.717, 1.165) is 12.8 Å². The molecule has 0 aliphatic rings. The van der Waals surface area contributed by atoms with E-state index in [2.05, 4.69) is 55.8 Å². The third-order valence-corrected chi connectivity index (χ3v) is 4.12. The Hall–Kier alpha value is -0.780. The number of hydrogen-bond donors (Lipinski definition) is 3. The molecule has 0 aliphatic carbocycles. The van der Waals surface area contributed by atoms with Crippen LogP contribution >= 0.6 is 45.2 Å². The van der Waals surface area contributed by atoms with Crippen molar-refractivity contribution in [2.75, 3.05) is 18.4 Å². The van der Waals surface area contributed by atoms with Crippen LogP contribution < -0.4 is 16.4 Å². The van der Waals surface area contributed by atoms with Gasteiger partial charge in [0, 0.05) is 25.8 Å². The summed E-state index contributed by atoms with van der Waals surface area (Å²) in [5.41, 5.74) is 6.16. The van der Waals surface area contributed by atoms with E-state index in [1.54, 1.807) is 12.1 Å². The molecule has 0 heterocycles. The van der Waals surface area contributed by atoms with E-state index in [-0.39, 0.29) is 0 Å². The van der Waals surface area contributed by atoms with E-state index >= 15 is 0 Å². The minimum Gasteiger partial charge on any atom is -0.444 e. The molecular weight excluding hydrogens is 512 g/mol. The number of amides is 2. The van der Waals surface area contributed by atoms with E-state index in [9.17, 15) is 9.59 Å². The van der Waals surface area contributed by atoms with Gasteiger partial charge in [0.2, 0.25) is 5.91 Å². The zero-order valence-corrected chi connectivity index (χ0v) is 16.9. The number of primary amides is 1. The molecule has 6 nitrogen and oxygen atoms in total.